The van der Waals surface area contributed by atoms with Crippen LogP contribution in [0.1, 0.15) is 12.8 Å². The molecule has 0 aromatic carbocycles. The molecule has 1 amide bonds. The molecule has 100 valence electrons. The molecular formula is C10H17F3N2O2. The van der Waals surface area contributed by atoms with Gasteiger partial charge in [0.25, 0.3) is 0 Å². The summed E-state index contributed by atoms with van der Waals surface area (Å²) in [5.74, 6) is -0.384. The standard InChI is InChI=1S/C10H17F3N2O2/c11-10(12,13)7-15-9(16)6-17-5-8-2-1-3-14-4-8/h8,14H,1-7H2,(H,15,16). The fourth-order valence-electron chi connectivity index (χ4n) is 1.63. The first kappa shape index (κ1) is 14.2. The molecule has 1 atom stereocenters. The Labute approximate surface area is 97.9 Å². The topological polar surface area (TPSA) is 50.4 Å². The molecule has 0 bridgehead atoms. The quantitative estimate of drug-likeness (QED) is 0.758. The molecule has 0 aromatic rings. The molecule has 1 aliphatic heterocycles. The Hall–Kier alpha value is -0.820. The largest absolute Gasteiger partial charge is 0.405 e. The van der Waals surface area contributed by atoms with Crippen LogP contribution in [0, 0.1) is 5.92 Å². The second-order valence-electron chi connectivity index (χ2n) is 4.12. The van der Waals surface area contributed by atoms with Crippen LogP contribution in [0.5, 0.6) is 0 Å². The van der Waals surface area contributed by atoms with Crippen molar-refractivity contribution >= 4 is 5.91 Å². The van der Waals surface area contributed by atoms with Crippen molar-refractivity contribution in [3.8, 4) is 0 Å². The predicted octanol–water partition coefficient (Wildman–Crippen LogP) is 0.681. The van der Waals surface area contributed by atoms with Crippen molar-refractivity contribution in [3.05, 3.63) is 0 Å². The lowest BCUT2D eigenvalue weighted by molar-refractivity contribution is -0.141. The lowest BCUT2D eigenvalue weighted by Gasteiger charge is -2.22. The van der Waals surface area contributed by atoms with Gasteiger partial charge in [-0.05, 0) is 25.3 Å². The predicted molar refractivity (Wildman–Crippen MR) is 55.5 cm³/mol. The van der Waals surface area contributed by atoms with Crippen LogP contribution >= 0.6 is 0 Å². The van der Waals surface area contributed by atoms with Gasteiger partial charge in [0, 0.05) is 6.54 Å². The van der Waals surface area contributed by atoms with Crippen molar-refractivity contribution in [2.24, 2.45) is 5.92 Å². The number of alkyl halides is 3. The Morgan fingerprint density at radius 3 is 2.82 bits per heavy atom. The maximum absolute atomic E-state index is 11.8. The van der Waals surface area contributed by atoms with E-state index in [-0.39, 0.29) is 6.61 Å². The third-order valence-electron chi connectivity index (χ3n) is 2.47. The van der Waals surface area contributed by atoms with E-state index in [9.17, 15) is 18.0 Å². The van der Waals surface area contributed by atoms with Gasteiger partial charge in [0.1, 0.15) is 13.2 Å². The number of hydrogen-bond acceptors (Lipinski definition) is 3. The minimum Gasteiger partial charge on any atom is -0.371 e. The molecule has 1 heterocycles. The normalized spacial score (nSPS) is 21.2. The van der Waals surface area contributed by atoms with Gasteiger partial charge in [0.05, 0.1) is 6.61 Å². The average Bonchev–Trinajstić information content (AvgIpc) is 2.27. The Bertz CT molecular complexity index is 240. The van der Waals surface area contributed by atoms with Crippen molar-refractivity contribution < 1.29 is 22.7 Å². The van der Waals surface area contributed by atoms with Gasteiger partial charge in [-0.1, -0.05) is 0 Å². The van der Waals surface area contributed by atoms with Gasteiger partial charge in [-0.15, -0.1) is 0 Å². The highest BCUT2D eigenvalue weighted by Gasteiger charge is 2.27. The SMILES string of the molecule is O=C(COCC1CCCNC1)NCC(F)(F)F. The van der Waals surface area contributed by atoms with Crippen LogP contribution in [0.25, 0.3) is 0 Å². The van der Waals surface area contributed by atoms with E-state index in [2.05, 4.69) is 5.32 Å². The summed E-state index contributed by atoms with van der Waals surface area (Å²) in [6.45, 7) is 0.617. The first-order valence-electron chi connectivity index (χ1n) is 5.59. The van der Waals surface area contributed by atoms with Crippen LogP contribution in [0.2, 0.25) is 0 Å². The molecule has 7 heteroatoms. The van der Waals surface area contributed by atoms with Crippen LogP contribution in [-0.4, -0.2) is 44.9 Å². The zero-order valence-electron chi connectivity index (χ0n) is 9.48. The van der Waals surface area contributed by atoms with Gasteiger partial charge < -0.3 is 15.4 Å². The molecule has 0 spiro atoms. The monoisotopic (exact) mass is 254 g/mol. The number of ether oxygens (including phenoxy) is 1. The zero-order valence-corrected chi connectivity index (χ0v) is 9.48. The summed E-state index contributed by atoms with van der Waals surface area (Å²) in [7, 11) is 0. The summed E-state index contributed by atoms with van der Waals surface area (Å²) in [5, 5.41) is 4.94. The maximum atomic E-state index is 11.8. The molecule has 0 radical (unpaired) electrons. The maximum Gasteiger partial charge on any atom is 0.405 e. The van der Waals surface area contributed by atoms with E-state index in [0.717, 1.165) is 25.9 Å². The molecule has 1 saturated heterocycles. The van der Waals surface area contributed by atoms with E-state index in [4.69, 9.17) is 4.74 Å². The summed E-state index contributed by atoms with van der Waals surface area (Å²) < 4.78 is 40.4. The molecule has 4 nitrogen and oxygen atoms in total. The molecule has 0 saturated carbocycles. The Balaban J connectivity index is 2.03. The number of amides is 1. The van der Waals surface area contributed by atoms with Gasteiger partial charge in [0.2, 0.25) is 5.91 Å². The summed E-state index contributed by atoms with van der Waals surface area (Å²) in [5.41, 5.74) is 0. The minimum absolute atomic E-state index is 0.313. The summed E-state index contributed by atoms with van der Waals surface area (Å²) in [6, 6.07) is 0. The van der Waals surface area contributed by atoms with Crippen LogP contribution in [0.4, 0.5) is 13.2 Å². The van der Waals surface area contributed by atoms with Crippen molar-refractivity contribution in [3.63, 3.8) is 0 Å². The molecule has 1 aliphatic rings. The highest BCUT2D eigenvalue weighted by atomic mass is 19.4. The van der Waals surface area contributed by atoms with Crippen LogP contribution in [0.3, 0.4) is 0 Å². The fourth-order valence-corrected chi connectivity index (χ4v) is 1.63. The van der Waals surface area contributed by atoms with Gasteiger partial charge in [-0.2, -0.15) is 13.2 Å². The van der Waals surface area contributed by atoms with E-state index in [1.54, 1.807) is 5.32 Å². The molecule has 0 aliphatic carbocycles. The number of carbonyl (C=O) groups excluding carboxylic acids is 1. The van der Waals surface area contributed by atoms with Gasteiger partial charge in [-0.25, -0.2) is 0 Å². The van der Waals surface area contributed by atoms with Crippen LogP contribution in [-0.2, 0) is 9.53 Å². The number of piperidine rings is 1. The minimum atomic E-state index is -4.37. The first-order chi connectivity index (χ1) is 7.97. The molecule has 17 heavy (non-hydrogen) atoms. The third kappa shape index (κ3) is 7.17. The molecular weight excluding hydrogens is 237 g/mol. The van der Waals surface area contributed by atoms with Crippen molar-refractivity contribution in [2.75, 3.05) is 32.8 Å². The summed E-state index contributed by atoms with van der Waals surface area (Å²) in [6.07, 6.45) is -2.28. The van der Waals surface area contributed by atoms with E-state index in [1.165, 1.54) is 0 Å². The van der Waals surface area contributed by atoms with E-state index >= 15 is 0 Å². The molecule has 1 rings (SSSR count). The molecule has 1 unspecified atom stereocenters. The molecule has 2 N–H and O–H groups in total. The van der Waals surface area contributed by atoms with Crippen molar-refractivity contribution in [1.82, 2.24) is 10.6 Å². The zero-order chi connectivity index (χ0) is 12.7. The number of hydrogen-bond donors (Lipinski definition) is 2. The highest BCUT2D eigenvalue weighted by Crippen LogP contribution is 2.12. The van der Waals surface area contributed by atoms with Gasteiger partial charge in [0.15, 0.2) is 0 Å². The highest BCUT2D eigenvalue weighted by molar-refractivity contribution is 5.77. The summed E-state index contributed by atoms with van der Waals surface area (Å²) >= 11 is 0. The smallest absolute Gasteiger partial charge is 0.371 e. The number of nitrogens with one attached hydrogen (secondary N) is 2. The van der Waals surface area contributed by atoms with Gasteiger partial charge in [-0.3, -0.25) is 4.79 Å². The Kier molecular flexibility index (Phi) is 5.70. The number of rotatable bonds is 5. The van der Waals surface area contributed by atoms with E-state index in [1.807, 2.05) is 0 Å². The van der Waals surface area contributed by atoms with Crippen molar-refractivity contribution in [2.45, 2.75) is 19.0 Å². The number of halogens is 3. The second kappa shape index (κ2) is 6.80. The molecule has 1 fully saturated rings. The Morgan fingerprint density at radius 2 is 2.24 bits per heavy atom. The summed E-state index contributed by atoms with van der Waals surface area (Å²) in [4.78, 5) is 11.0. The van der Waals surface area contributed by atoms with Gasteiger partial charge >= 0.3 is 6.18 Å². The number of carbonyl (C=O) groups is 1. The first-order valence-corrected chi connectivity index (χ1v) is 5.59. The van der Waals surface area contributed by atoms with Crippen molar-refractivity contribution in [1.29, 1.82) is 0 Å². The van der Waals surface area contributed by atoms with E-state index in [0.29, 0.717) is 12.5 Å². The fraction of sp³-hybridized carbons (Fsp3) is 0.900. The van der Waals surface area contributed by atoms with E-state index < -0.39 is 18.6 Å². The second-order valence-corrected chi connectivity index (χ2v) is 4.12. The lowest BCUT2D eigenvalue weighted by atomic mass is 10.0. The van der Waals surface area contributed by atoms with Crippen LogP contribution in [0.15, 0.2) is 0 Å². The third-order valence-corrected chi connectivity index (χ3v) is 2.47. The van der Waals surface area contributed by atoms with Crippen LogP contribution < -0.4 is 10.6 Å². The average molecular weight is 254 g/mol. The molecule has 0 aromatic heterocycles. The Morgan fingerprint density at radius 1 is 1.47 bits per heavy atom. The lowest BCUT2D eigenvalue weighted by Crippen LogP contribution is -2.37.